The highest BCUT2D eigenvalue weighted by atomic mass is 16.4. The zero-order chi connectivity index (χ0) is 15.0. The Hall–Kier alpha value is -1.10. The maximum atomic E-state index is 5.57. The van der Waals surface area contributed by atoms with Gasteiger partial charge in [0.1, 0.15) is 0 Å². The summed E-state index contributed by atoms with van der Waals surface area (Å²) in [6.45, 7) is 12.6. The van der Waals surface area contributed by atoms with Gasteiger partial charge in [0.2, 0.25) is 5.89 Å². The highest BCUT2D eigenvalue weighted by Crippen LogP contribution is 2.12. The molecule has 0 aliphatic carbocycles. The molecular weight excluding hydrogens is 252 g/mol. The maximum absolute atomic E-state index is 5.57. The third-order valence-electron chi connectivity index (χ3n) is 3.08. The lowest BCUT2D eigenvalue weighted by molar-refractivity contribution is 0.453. The van der Waals surface area contributed by atoms with Crippen LogP contribution in [0.15, 0.2) is 4.42 Å². The molecule has 0 aromatic carbocycles. The Morgan fingerprint density at radius 1 is 1.00 bits per heavy atom. The lowest BCUT2D eigenvalue weighted by Gasteiger charge is -2.12. The van der Waals surface area contributed by atoms with Crippen molar-refractivity contribution in [3.05, 3.63) is 5.89 Å². The fraction of sp³-hybridized carbons (Fsp3) is 0.867. The van der Waals surface area contributed by atoms with E-state index < -0.39 is 0 Å². The first-order chi connectivity index (χ1) is 9.47. The summed E-state index contributed by atoms with van der Waals surface area (Å²) in [7, 11) is 0. The van der Waals surface area contributed by atoms with E-state index in [1.807, 2.05) is 0 Å². The van der Waals surface area contributed by atoms with Gasteiger partial charge in [0, 0.05) is 6.04 Å². The maximum Gasteiger partial charge on any atom is 0.315 e. The Kier molecular flexibility index (Phi) is 7.59. The first kappa shape index (κ1) is 17.0. The van der Waals surface area contributed by atoms with Crippen molar-refractivity contribution in [3.63, 3.8) is 0 Å². The van der Waals surface area contributed by atoms with Crippen LogP contribution in [-0.4, -0.2) is 22.8 Å². The van der Waals surface area contributed by atoms with Crippen molar-refractivity contribution < 1.29 is 4.42 Å². The fourth-order valence-electron chi connectivity index (χ4n) is 1.97. The molecule has 0 saturated carbocycles. The van der Waals surface area contributed by atoms with E-state index in [4.69, 9.17) is 4.42 Å². The van der Waals surface area contributed by atoms with Crippen LogP contribution in [0.25, 0.3) is 0 Å². The first-order valence-corrected chi connectivity index (χ1v) is 7.77. The number of nitrogens with one attached hydrogen (secondary N) is 2. The molecule has 0 bridgehead atoms. The van der Waals surface area contributed by atoms with Crippen LogP contribution in [0.5, 0.6) is 0 Å². The normalized spacial score (nSPS) is 13.2. The second kappa shape index (κ2) is 8.95. The quantitative estimate of drug-likeness (QED) is 0.688. The smallest absolute Gasteiger partial charge is 0.315 e. The Bertz CT molecular complexity index is 363. The molecule has 1 unspecified atom stereocenters. The summed E-state index contributed by atoms with van der Waals surface area (Å²) in [4.78, 5) is 0. The Labute approximate surface area is 122 Å². The van der Waals surface area contributed by atoms with Gasteiger partial charge in [-0.15, -0.1) is 5.10 Å². The summed E-state index contributed by atoms with van der Waals surface area (Å²) in [5, 5.41) is 14.6. The molecule has 0 radical (unpaired) electrons. The number of hydrogen-bond donors (Lipinski definition) is 2. The minimum Gasteiger partial charge on any atom is -0.407 e. The zero-order valence-electron chi connectivity index (χ0n) is 13.6. The van der Waals surface area contributed by atoms with Crippen LogP contribution >= 0.6 is 0 Å². The zero-order valence-corrected chi connectivity index (χ0v) is 13.6. The molecule has 0 aliphatic heterocycles. The summed E-state index contributed by atoms with van der Waals surface area (Å²) in [5.74, 6) is 2.03. The summed E-state index contributed by atoms with van der Waals surface area (Å²) >= 11 is 0. The van der Waals surface area contributed by atoms with Gasteiger partial charge in [0.05, 0.1) is 6.54 Å². The number of rotatable bonds is 10. The van der Waals surface area contributed by atoms with Crippen LogP contribution in [0.4, 0.5) is 6.01 Å². The molecule has 0 saturated heterocycles. The molecule has 0 aliphatic rings. The van der Waals surface area contributed by atoms with Gasteiger partial charge in [0.15, 0.2) is 0 Å². The Balaban J connectivity index is 2.25. The van der Waals surface area contributed by atoms with E-state index in [1.54, 1.807) is 0 Å². The number of nitrogens with zero attached hydrogens (tertiary/aromatic N) is 2. The molecule has 1 heterocycles. The van der Waals surface area contributed by atoms with Crippen LogP contribution in [0.2, 0.25) is 0 Å². The van der Waals surface area contributed by atoms with Gasteiger partial charge in [-0.1, -0.05) is 45.6 Å². The average molecular weight is 282 g/mol. The summed E-state index contributed by atoms with van der Waals surface area (Å²) in [6, 6.07) is 0.897. The molecule has 20 heavy (non-hydrogen) atoms. The summed E-state index contributed by atoms with van der Waals surface area (Å²) in [6.07, 6.45) is 3.62. The van der Waals surface area contributed by atoms with E-state index >= 15 is 0 Å². The molecular formula is C15H30N4O. The average Bonchev–Trinajstić information content (AvgIpc) is 2.75. The van der Waals surface area contributed by atoms with Gasteiger partial charge in [-0.05, 0) is 31.7 Å². The second-order valence-electron chi connectivity index (χ2n) is 6.40. The van der Waals surface area contributed by atoms with Gasteiger partial charge >= 0.3 is 6.01 Å². The van der Waals surface area contributed by atoms with E-state index in [1.165, 1.54) is 12.8 Å². The van der Waals surface area contributed by atoms with Crippen molar-refractivity contribution in [2.45, 2.75) is 66.5 Å². The largest absolute Gasteiger partial charge is 0.407 e. The van der Waals surface area contributed by atoms with Gasteiger partial charge in [-0.2, -0.15) is 0 Å². The number of hydrogen-bond acceptors (Lipinski definition) is 5. The second-order valence-corrected chi connectivity index (χ2v) is 6.40. The summed E-state index contributed by atoms with van der Waals surface area (Å²) < 4.78 is 5.57. The SMILES string of the molecule is CC(C)CCCC(C)Nc1nnc(CNCC(C)C)o1. The van der Waals surface area contributed by atoms with Gasteiger partial charge in [-0.25, -0.2) is 0 Å². The van der Waals surface area contributed by atoms with Crippen molar-refractivity contribution in [2.75, 3.05) is 11.9 Å². The van der Waals surface area contributed by atoms with Gasteiger partial charge < -0.3 is 15.1 Å². The van der Waals surface area contributed by atoms with Crippen molar-refractivity contribution in [3.8, 4) is 0 Å². The molecule has 1 aromatic heterocycles. The van der Waals surface area contributed by atoms with E-state index in [9.17, 15) is 0 Å². The lowest BCUT2D eigenvalue weighted by atomic mass is 10.0. The molecule has 2 N–H and O–H groups in total. The van der Waals surface area contributed by atoms with Crippen molar-refractivity contribution in [1.29, 1.82) is 0 Å². The third kappa shape index (κ3) is 7.48. The first-order valence-electron chi connectivity index (χ1n) is 7.77. The number of aromatic nitrogens is 2. The topological polar surface area (TPSA) is 63.0 Å². The van der Waals surface area contributed by atoms with Crippen LogP contribution < -0.4 is 10.6 Å². The molecule has 1 rings (SSSR count). The predicted molar refractivity (Wildman–Crippen MR) is 82.6 cm³/mol. The molecule has 0 spiro atoms. The number of anilines is 1. The van der Waals surface area contributed by atoms with E-state index in [2.05, 4.69) is 55.4 Å². The molecule has 5 heteroatoms. The molecule has 116 valence electrons. The van der Waals surface area contributed by atoms with E-state index in [-0.39, 0.29) is 0 Å². The Morgan fingerprint density at radius 3 is 2.40 bits per heavy atom. The van der Waals surface area contributed by atoms with E-state index in [0.29, 0.717) is 30.4 Å². The van der Waals surface area contributed by atoms with Gasteiger partial charge in [0.25, 0.3) is 0 Å². The Morgan fingerprint density at radius 2 is 1.75 bits per heavy atom. The van der Waals surface area contributed by atoms with Crippen LogP contribution in [0, 0.1) is 11.8 Å². The molecule has 1 atom stereocenters. The molecule has 1 aromatic rings. The van der Waals surface area contributed by atoms with E-state index in [0.717, 1.165) is 18.9 Å². The molecule has 0 amide bonds. The monoisotopic (exact) mass is 282 g/mol. The highest BCUT2D eigenvalue weighted by molar-refractivity contribution is 5.18. The van der Waals surface area contributed by atoms with Gasteiger partial charge in [-0.3, -0.25) is 0 Å². The summed E-state index contributed by atoms with van der Waals surface area (Å²) in [5.41, 5.74) is 0. The van der Waals surface area contributed by atoms with Crippen LogP contribution in [-0.2, 0) is 6.54 Å². The van der Waals surface area contributed by atoms with Crippen LogP contribution in [0.1, 0.15) is 59.8 Å². The molecule has 0 fully saturated rings. The molecule has 5 nitrogen and oxygen atoms in total. The standard InChI is InChI=1S/C15H30N4O/c1-11(2)7-6-8-13(5)17-15-19-18-14(20-15)10-16-9-12(3)4/h11-13,16H,6-10H2,1-5H3,(H,17,19). The minimum absolute atomic E-state index is 0.366. The minimum atomic E-state index is 0.366. The van der Waals surface area contributed by atoms with Crippen LogP contribution in [0.3, 0.4) is 0 Å². The predicted octanol–water partition coefficient (Wildman–Crippen LogP) is 3.44. The third-order valence-corrected chi connectivity index (χ3v) is 3.08. The van der Waals surface area contributed by atoms with Crippen molar-refractivity contribution in [2.24, 2.45) is 11.8 Å². The fourth-order valence-corrected chi connectivity index (χ4v) is 1.97. The highest BCUT2D eigenvalue weighted by Gasteiger charge is 2.09. The van der Waals surface area contributed by atoms with Crippen molar-refractivity contribution in [1.82, 2.24) is 15.5 Å². The van der Waals surface area contributed by atoms with Crippen molar-refractivity contribution >= 4 is 6.01 Å². The lowest BCUT2D eigenvalue weighted by Crippen LogP contribution is -2.19.